The number of carbonyl (C=O) groups excluding carboxylic acids is 1. The molecule has 2 aromatic carbocycles. The largest absolute Gasteiger partial charge is 0.489 e. The van der Waals surface area contributed by atoms with Crippen LogP contribution in [0.3, 0.4) is 0 Å². The number of hydrogen-bond acceptors (Lipinski definition) is 3. The molecule has 0 radical (unpaired) electrons. The van der Waals surface area contributed by atoms with Gasteiger partial charge in [-0.05, 0) is 43.9 Å². The molecule has 2 atom stereocenters. The van der Waals surface area contributed by atoms with Crippen LogP contribution in [0.15, 0.2) is 42.5 Å². The third kappa shape index (κ3) is 3.61. The van der Waals surface area contributed by atoms with Crippen molar-refractivity contribution in [1.82, 2.24) is 10.2 Å². The van der Waals surface area contributed by atoms with Gasteiger partial charge in [-0.25, -0.2) is 0 Å². The Labute approximate surface area is 155 Å². The minimum absolute atomic E-state index is 0.0685. The second-order valence-electron chi connectivity index (χ2n) is 7.57. The van der Waals surface area contributed by atoms with Gasteiger partial charge in [-0.3, -0.25) is 9.69 Å². The van der Waals surface area contributed by atoms with Gasteiger partial charge in [-0.2, -0.15) is 0 Å². The summed E-state index contributed by atoms with van der Waals surface area (Å²) in [5, 5.41) is 3.23. The predicted molar refractivity (Wildman–Crippen MR) is 102 cm³/mol. The summed E-state index contributed by atoms with van der Waals surface area (Å²) in [5.74, 6) is 1.03. The third-order valence-corrected chi connectivity index (χ3v) is 5.29. The summed E-state index contributed by atoms with van der Waals surface area (Å²) in [5.41, 5.74) is 5.01. The maximum atomic E-state index is 12.7. The zero-order chi connectivity index (χ0) is 18.1. The maximum Gasteiger partial charge on any atom is 0.234 e. The summed E-state index contributed by atoms with van der Waals surface area (Å²) in [6.45, 7) is 6.05. The summed E-state index contributed by atoms with van der Waals surface area (Å²) >= 11 is 0. The quantitative estimate of drug-likeness (QED) is 0.923. The number of ether oxygens (including phenoxy) is 1. The van der Waals surface area contributed by atoms with Gasteiger partial charge in [0.2, 0.25) is 5.91 Å². The molecular weight excluding hydrogens is 324 g/mol. The molecule has 4 rings (SSSR count). The van der Waals surface area contributed by atoms with Gasteiger partial charge in [-0.15, -0.1) is 0 Å². The van der Waals surface area contributed by atoms with E-state index in [9.17, 15) is 4.79 Å². The lowest BCUT2D eigenvalue weighted by Crippen LogP contribution is -2.40. The third-order valence-electron chi connectivity index (χ3n) is 5.29. The summed E-state index contributed by atoms with van der Waals surface area (Å²) < 4.78 is 6.03. The Kier molecular flexibility index (Phi) is 4.68. The van der Waals surface area contributed by atoms with Crippen molar-refractivity contribution in [3.63, 3.8) is 0 Å². The first-order chi connectivity index (χ1) is 12.6. The number of hydrogen-bond donors (Lipinski definition) is 1. The van der Waals surface area contributed by atoms with E-state index in [0.29, 0.717) is 6.54 Å². The van der Waals surface area contributed by atoms with Gasteiger partial charge < -0.3 is 10.1 Å². The lowest BCUT2D eigenvalue weighted by molar-refractivity contribution is -0.123. The predicted octanol–water partition coefficient (Wildman–Crippen LogP) is 3.38. The Balaban J connectivity index is 1.43. The number of nitrogens with one attached hydrogen (secondary N) is 1. The molecule has 1 heterocycles. The van der Waals surface area contributed by atoms with Crippen molar-refractivity contribution in [2.24, 2.45) is 0 Å². The first-order valence-corrected chi connectivity index (χ1v) is 9.44. The Morgan fingerprint density at radius 2 is 2.08 bits per heavy atom. The second kappa shape index (κ2) is 7.12. The van der Waals surface area contributed by atoms with Gasteiger partial charge >= 0.3 is 0 Å². The molecule has 0 spiro atoms. The monoisotopic (exact) mass is 350 g/mol. The fourth-order valence-electron chi connectivity index (χ4n) is 4.14. The van der Waals surface area contributed by atoms with Crippen molar-refractivity contribution in [1.29, 1.82) is 0 Å². The van der Waals surface area contributed by atoms with Gasteiger partial charge in [-0.1, -0.05) is 42.0 Å². The van der Waals surface area contributed by atoms with E-state index in [-0.39, 0.29) is 18.1 Å². The van der Waals surface area contributed by atoms with Gasteiger partial charge in [0.15, 0.2) is 0 Å². The fourth-order valence-corrected chi connectivity index (χ4v) is 4.14. The van der Waals surface area contributed by atoms with E-state index >= 15 is 0 Å². The molecule has 0 fully saturated rings. The topological polar surface area (TPSA) is 41.6 Å². The highest BCUT2D eigenvalue weighted by atomic mass is 16.5. The Bertz CT molecular complexity index is 818. The van der Waals surface area contributed by atoms with Crippen molar-refractivity contribution in [2.45, 2.75) is 45.4 Å². The van der Waals surface area contributed by atoms with Crippen molar-refractivity contribution in [3.8, 4) is 5.75 Å². The highest BCUT2D eigenvalue weighted by Gasteiger charge is 2.26. The van der Waals surface area contributed by atoms with E-state index in [1.165, 1.54) is 16.7 Å². The molecule has 0 aromatic heterocycles. The van der Waals surface area contributed by atoms with Gasteiger partial charge in [0.1, 0.15) is 11.9 Å². The molecule has 4 nitrogen and oxygen atoms in total. The highest BCUT2D eigenvalue weighted by Crippen LogP contribution is 2.31. The molecule has 1 aliphatic carbocycles. The maximum absolute atomic E-state index is 12.7. The average Bonchev–Trinajstić information content (AvgIpc) is 2.92. The van der Waals surface area contributed by atoms with Crippen LogP contribution in [0.25, 0.3) is 0 Å². The number of benzene rings is 2. The van der Waals surface area contributed by atoms with Crippen LogP contribution in [0.5, 0.6) is 5.75 Å². The Hall–Kier alpha value is -2.33. The molecule has 0 saturated heterocycles. The minimum Gasteiger partial charge on any atom is -0.489 e. The van der Waals surface area contributed by atoms with Crippen molar-refractivity contribution < 1.29 is 9.53 Å². The Morgan fingerprint density at radius 3 is 2.96 bits per heavy atom. The molecule has 2 aromatic rings. The van der Waals surface area contributed by atoms with Crippen LogP contribution in [-0.4, -0.2) is 30.0 Å². The molecule has 2 unspecified atom stereocenters. The van der Waals surface area contributed by atoms with Crippen molar-refractivity contribution in [2.75, 3.05) is 13.1 Å². The first kappa shape index (κ1) is 17.1. The molecule has 0 saturated carbocycles. The number of fused-ring (bicyclic) bond motifs is 2. The molecule has 1 amide bonds. The molecule has 4 heteroatoms. The SMILES string of the molecule is Cc1ccc2c(c1)CN(CC(=O)NC1CCc3ccccc31)CC(C)O2. The molecule has 1 N–H and O–H groups in total. The van der Waals surface area contributed by atoms with Crippen LogP contribution in [0.1, 0.15) is 41.6 Å². The number of aryl methyl sites for hydroxylation is 2. The average molecular weight is 350 g/mol. The van der Waals surface area contributed by atoms with Crippen LogP contribution >= 0.6 is 0 Å². The summed E-state index contributed by atoms with van der Waals surface area (Å²) in [7, 11) is 0. The second-order valence-corrected chi connectivity index (χ2v) is 7.57. The zero-order valence-corrected chi connectivity index (χ0v) is 15.5. The smallest absolute Gasteiger partial charge is 0.234 e. The lowest BCUT2D eigenvalue weighted by atomic mass is 10.1. The Morgan fingerprint density at radius 1 is 1.23 bits per heavy atom. The summed E-state index contributed by atoms with van der Waals surface area (Å²) in [6, 6.07) is 14.8. The van der Waals surface area contributed by atoms with E-state index in [1.54, 1.807) is 0 Å². The lowest BCUT2D eigenvalue weighted by Gasteiger charge is -2.22. The van der Waals surface area contributed by atoms with E-state index in [0.717, 1.165) is 37.2 Å². The molecule has 26 heavy (non-hydrogen) atoms. The standard InChI is InChI=1S/C22H26N2O2/c1-15-7-10-21-18(11-15)13-24(12-16(2)26-21)14-22(25)23-20-9-8-17-5-3-4-6-19(17)20/h3-7,10-11,16,20H,8-9,12-14H2,1-2H3,(H,23,25). The highest BCUT2D eigenvalue weighted by molar-refractivity contribution is 5.78. The van der Waals surface area contributed by atoms with Gasteiger partial charge in [0, 0.05) is 18.7 Å². The molecule has 0 bridgehead atoms. The zero-order valence-electron chi connectivity index (χ0n) is 15.5. The van der Waals surface area contributed by atoms with Crippen LogP contribution in [0.4, 0.5) is 0 Å². The van der Waals surface area contributed by atoms with E-state index < -0.39 is 0 Å². The number of nitrogens with zero attached hydrogens (tertiary/aromatic N) is 1. The summed E-state index contributed by atoms with van der Waals surface area (Å²) in [4.78, 5) is 14.9. The number of carbonyl (C=O) groups is 1. The molecular formula is C22H26N2O2. The van der Waals surface area contributed by atoms with E-state index in [4.69, 9.17) is 4.74 Å². The van der Waals surface area contributed by atoms with Gasteiger partial charge in [0.05, 0.1) is 12.6 Å². The van der Waals surface area contributed by atoms with Crippen LogP contribution in [0, 0.1) is 6.92 Å². The summed E-state index contributed by atoms with van der Waals surface area (Å²) in [6.07, 6.45) is 2.11. The minimum atomic E-state index is 0.0685. The fraction of sp³-hybridized carbons (Fsp3) is 0.409. The van der Waals surface area contributed by atoms with Crippen LogP contribution in [0.2, 0.25) is 0 Å². The molecule has 2 aliphatic rings. The van der Waals surface area contributed by atoms with Crippen LogP contribution in [-0.2, 0) is 17.8 Å². The first-order valence-electron chi connectivity index (χ1n) is 9.44. The number of rotatable bonds is 3. The normalized spacial score (nSPS) is 22.1. The van der Waals surface area contributed by atoms with E-state index in [1.807, 2.05) is 6.07 Å². The van der Waals surface area contributed by atoms with Crippen molar-refractivity contribution in [3.05, 3.63) is 64.7 Å². The van der Waals surface area contributed by atoms with E-state index in [2.05, 4.69) is 60.5 Å². The van der Waals surface area contributed by atoms with Gasteiger partial charge in [0.25, 0.3) is 0 Å². The number of amides is 1. The van der Waals surface area contributed by atoms with Crippen molar-refractivity contribution >= 4 is 5.91 Å². The molecule has 1 aliphatic heterocycles. The van der Waals surface area contributed by atoms with Crippen LogP contribution < -0.4 is 10.1 Å². The molecule has 136 valence electrons.